The molecule has 0 saturated carbocycles. The highest BCUT2D eigenvalue weighted by Gasteiger charge is 2.25. The van der Waals surface area contributed by atoms with Gasteiger partial charge in [0, 0.05) is 30.8 Å². The number of esters is 1. The van der Waals surface area contributed by atoms with E-state index in [1.807, 2.05) is 11.0 Å². The Balaban J connectivity index is 1.49. The van der Waals surface area contributed by atoms with Crippen LogP contribution in [0.1, 0.15) is 46.0 Å². The number of rotatable bonds is 6. The van der Waals surface area contributed by atoms with Crippen molar-refractivity contribution in [3.05, 3.63) is 58.9 Å². The van der Waals surface area contributed by atoms with Crippen LogP contribution in [-0.4, -0.2) is 61.0 Å². The van der Waals surface area contributed by atoms with Gasteiger partial charge in [0.15, 0.2) is 0 Å². The van der Waals surface area contributed by atoms with Gasteiger partial charge in [-0.05, 0) is 68.6 Å². The van der Waals surface area contributed by atoms with Gasteiger partial charge in [0.25, 0.3) is 5.91 Å². The summed E-state index contributed by atoms with van der Waals surface area (Å²) in [5.74, 6) is -0.956. The third kappa shape index (κ3) is 4.24. The summed E-state index contributed by atoms with van der Waals surface area (Å²) >= 11 is 0. The summed E-state index contributed by atoms with van der Waals surface area (Å²) in [5.41, 5.74) is 2.97. The molecule has 2 aliphatic rings. The Morgan fingerprint density at radius 2 is 1.80 bits per heavy atom. The van der Waals surface area contributed by atoms with Crippen LogP contribution in [0.4, 0.5) is 4.39 Å². The summed E-state index contributed by atoms with van der Waals surface area (Å²) in [4.78, 5) is 29.0. The van der Waals surface area contributed by atoms with E-state index in [-0.39, 0.29) is 18.1 Å². The first-order chi connectivity index (χ1) is 14.6. The van der Waals surface area contributed by atoms with Gasteiger partial charge in [0.05, 0.1) is 12.2 Å². The Labute approximate surface area is 176 Å². The van der Waals surface area contributed by atoms with Crippen molar-refractivity contribution in [2.45, 2.75) is 26.2 Å². The van der Waals surface area contributed by atoms with Crippen LogP contribution in [0.2, 0.25) is 0 Å². The van der Waals surface area contributed by atoms with Crippen molar-refractivity contribution in [3.8, 4) is 11.1 Å². The number of carbonyl (C=O) groups excluding carboxylic acids is 2. The van der Waals surface area contributed by atoms with Crippen LogP contribution in [0.25, 0.3) is 11.1 Å². The molecule has 2 aromatic carbocycles. The summed E-state index contributed by atoms with van der Waals surface area (Å²) in [5, 5.41) is 0. The van der Waals surface area contributed by atoms with E-state index in [2.05, 4.69) is 4.90 Å². The average molecular weight is 410 g/mol. The van der Waals surface area contributed by atoms with Crippen molar-refractivity contribution < 1.29 is 18.7 Å². The van der Waals surface area contributed by atoms with E-state index >= 15 is 0 Å². The zero-order valence-corrected chi connectivity index (χ0v) is 17.3. The quantitative estimate of drug-likeness (QED) is 0.681. The van der Waals surface area contributed by atoms with Gasteiger partial charge in [-0.3, -0.25) is 4.79 Å². The van der Waals surface area contributed by atoms with E-state index < -0.39 is 11.8 Å². The van der Waals surface area contributed by atoms with Crippen LogP contribution in [0.15, 0.2) is 36.4 Å². The van der Waals surface area contributed by atoms with E-state index in [1.165, 1.54) is 18.9 Å². The Morgan fingerprint density at radius 1 is 1.03 bits per heavy atom. The monoisotopic (exact) mass is 410 g/mol. The fraction of sp³-hybridized carbons (Fsp3) is 0.417. The normalized spacial score (nSPS) is 16.6. The molecule has 158 valence electrons. The molecule has 0 aromatic heterocycles. The zero-order valence-electron chi connectivity index (χ0n) is 17.3. The maximum atomic E-state index is 14.7. The predicted octanol–water partition coefficient (Wildman–Crippen LogP) is 3.76. The molecule has 5 nitrogen and oxygen atoms in total. The molecule has 0 N–H and O–H groups in total. The molecule has 0 atom stereocenters. The third-order valence-corrected chi connectivity index (χ3v) is 5.95. The molecule has 0 radical (unpaired) electrons. The molecule has 4 rings (SSSR count). The van der Waals surface area contributed by atoms with Crippen LogP contribution < -0.4 is 0 Å². The molecule has 0 aliphatic carbocycles. The lowest BCUT2D eigenvalue weighted by Crippen LogP contribution is -2.42. The number of ether oxygens (including phenoxy) is 1. The number of carbonyl (C=O) groups is 2. The largest absolute Gasteiger partial charge is 0.462 e. The lowest BCUT2D eigenvalue weighted by molar-refractivity contribution is 0.0525. The van der Waals surface area contributed by atoms with Crippen molar-refractivity contribution in [1.29, 1.82) is 0 Å². The fourth-order valence-electron chi connectivity index (χ4n) is 4.28. The molecule has 2 heterocycles. The van der Waals surface area contributed by atoms with Gasteiger partial charge in [-0.25, -0.2) is 9.18 Å². The number of fused-ring (bicyclic) bond motifs is 1. The maximum absolute atomic E-state index is 14.7. The minimum atomic E-state index is -0.534. The summed E-state index contributed by atoms with van der Waals surface area (Å²) < 4.78 is 19.6. The van der Waals surface area contributed by atoms with Crippen molar-refractivity contribution in [3.63, 3.8) is 0 Å². The van der Waals surface area contributed by atoms with Gasteiger partial charge in [-0.15, -0.1) is 0 Å². The summed E-state index contributed by atoms with van der Waals surface area (Å²) in [6, 6.07) is 9.85. The topological polar surface area (TPSA) is 49.9 Å². The van der Waals surface area contributed by atoms with Crippen LogP contribution >= 0.6 is 0 Å². The molecule has 30 heavy (non-hydrogen) atoms. The summed E-state index contributed by atoms with van der Waals surface area (Å²) in [6.45, 7) is 6.58. The van der Waals surface area contributed by atoms with Crippen molar-refractivity contribution in [1.82, 2.24) is 9.80 Å². The predicted molar refractivity (Wildman–Crippen MR) is 113 cm³/mol. The van der Waals surface area contributed by atoms with E-state index in [4.69, 9.17) is 4.74 Å². The number of hydrogen-bond donors (Lipinski definition) is 0. The maximum Gasteiger partial charge on any atom is 0.338 e. The number of benzene rings is 2. The number of hydrogen-bond acceptors (Lipinski definition) is 4. The number of amides is 1. The van der Waals surface area contributed by atoms with E-state index in [9.17, 15) is 14.0 Å². The first kappa shape index (κ1) is 20.5. The van der Waals surface area contributed by atoms with Gasteiger partial charge in [-0.2, -0.15) is 0 Å². The zero-order chi connectivity index (χ0) is 21.1. The molecule has 0 bridgehead atoms. The van der Waals surface area contributed by atoms with Gasteiger partial charge >= 0.3 is 5.97 Å². The van der Waals surface area contributed by atoms with Crippen molar-refractivity contribution >= 4 is 11.9 Å². The molecule has 0 unspecified atom stereocenters. The highest BCUT2D eigenvalue weighted by molar-refractivity contribution is 5.97. The molecule has 2 aromatic rings. The average Bonchev–Trinajstić information content (AvgIpc) is 3.27. The molecule has 1 amide bonds. The number of nitrogens with zero attached hydrogens (tertiary/aromatic N) is 2. The smallest absolute Gasteiger partial charge is 0.338 e. The van der Waals surface area contributed by atoms with Crippen molar-refractivity contribution in [2.24, 2.45) is 0 Å². The summed E-state index contributed by atoms with van der Waals surface area (Å²) in [6.07, 6.45) is 3.26. The van der Waals surface area contributed by atoms with Gasteiger partial charge in [-0.1, -0.05) is 18.2 Å². The van der Waals surface area contributed by atoms with E-state index in [0.29, 0.717) is 23.2 Å². The molecule has 1 saturated heterocycles. The Morgan fingerprint density at radius 3 is 2.53 bits per heavy atom. The standard InChI is InChI=1S/C24H27FN2O3/c1-2-30-24(29)19-6-7-20(22(25)16-19)17-5-8-21-18(15-17)9-12-27(23(21)28)14-13-26-10-3-4-11-26/h5-8,15-16H,2-4,9-14H2,1H3. The lowest BCUT2D eigenvalue weighted by Gasteiger charge is -2.30. The number of halogens is 1. The van der Waals surface area contributed by atoms with Gasteiger partial charge in [0.1, 0.15) is 5.82 Å². The lowest BCUT2D eigenvalue weighted by atomic mass is 9.93. The summed E-state index contributed by atoms with van der Waals surface area (Å²) in [7, 11) is 0. The Hall–Kier alpha value is -2.73. The van der Waals surface area contributed by atoms with E-state index in [1.54, 1.807) is 31.2 Å². The molecule has 2 aliphatic heterocycles. The second-order valence-corrected chi connectivity index (χ2v) is 7.88. The number of likely N-dealkylation sites (tertiary alicyclic amines) is 1. The molecule has 0 spiro atoms. The van der Waals surface area contributed by atoms with Gasteiger partial charge < -0.3 is 14.5 Å². The van der Waals surface area contributed by atoms with Crippen LogP contribution in [-0.2, 0) is 11.2 Å². The molecule has 1 fully saturated rings. The van der Waals surface area contributed by atoms with Crippen molar-refractivity contribution in [2.75, 3.05) is 39.3 Å². The second-order valence-electron chi connectivity index (χ2n) is 7.88. The van der Waals surface area contributed by atoms with E-state index in [0.717, 1.165) is 38.2 Å². The Bertz CT molecular complexity index is 953. The molecular formula is C24H27FN2O3. The van der Waals surface area contributed by atoms with Crippen LogP contribution in [0, 0.1) is 5.82 Å². The second kappa shape index (κ2) is 8.96. The minimum absolute atomic E-state index is 0.0557. The van der Waals surface area contributed by atoms with Gasteiger partial charge in [0.2, 0.25) is 0 Å². The minimum Gasteiger partial charge on any atom is -0.462 e. The first-order valence-corrected chi connectivity index (χ1v) is 10.7. The highest BCUT2D eigenvalue weighted by atomic mass is 19.1. The van der Waals surface area contributed by atoms with Crippen LogP contribution in [0.5, 0.6) is 0 Å². The Kier molecular flexibility index (Phi) is 6.13. The SMILES string of the molecule is CCOC(=O)c1ccc(-c2ccc3c(c2)CCN(CCN2CCCC2)C3=O)c(F)c1. The highest BCUT2D eigenvalue weighted by Crippen LogP contribution is 2.29. The fourth-order valence-corrected chi connectivity index (χ4v) is 4.28. The first-order valence-electron chi connectivity index (χ1n) is 10.7. The third-order valence-electron chi connectivity index (χ3n) is 5.95. The molecular weight excluding hydrogens is 383 g/mol. The van der Waals surface area contributed by atoms with Crippen LogP contribution in [0.3, 0.4) is 0 Å². The molecule has 6 heteroatoms.